The van der Waals surface area contributed by atoms with Crippen molar-refractivity contribution in [1.29, 1.82) is 0 Å². The molecule has 0 aliphatic carbocycles. The smallest absolute Gasteiger partial charge is 0.255 e. The third-order valence-corrected chi connectivity index (χ3v) is 7.81. The number of rotatable bonds is 14. The minimum atomic E-state index is -0.928. The summed E-state index contributed by atoms with van der Waals surface area (Å²) >= 11 is 0. The van der Waals surface area contributed by atoms with Crippen LogP contribution in [0.5, 0.6) is 11.5 Å². The van der Waals surface area contributed by atoms with Gasteiger partial charge in [-0.3, -0.25) is 9.59 Å². The molecule has 0 bridgehead atoms. The Kier molecular flexibility index (Phi) is 10.0. The average molecular weight is 652 g/mol. The summed E-state index contributed by atoms with van der Waals surface area (Å²) in [5, 5.41) is 6.42. The van der Waals surface area contributed by atoms with Gasteiger partial charge in [-0.2, -0.15) is 0 Å². The van der Waals surface area contributed by atoms with Gasteiger partial charge in [-0.05, 0) is 41.5 Å². The lowest BCUT2D eigenvalue weighted by molar-refractivity contribution is -0.120. The van der Waals surface area contributed by atoms with E-state index < -0.39 is 17.8 Å². The van der Waals surface area contributed by atoms with E-state index in [4.69, 9.17) is 18.9 Å². The molecule has 11 nitrogen and oxygen atoms in total. The van der Waals surface area contributed by atoms with E-state index in [1.54, 1.807) is 56.7 Å². The predicted molar refractivity (Wildman–Crippen MR) is 178 cm³/mol. The number of amides is 2. The molecule has 2 N–H and O–H groups in total. The largest absolute Gasteiger partial charge is 0.487 e. The Morgan fingerprint density at radius 2 is 1.58 bits per heavy atom. The number of carbonyl (C=O) groups excluding carboxylic acids is 2. The number of halogens is 1. The minimum absolute atomic E-state index is 0.125. The van der Waals surface area contributed by atoms with E-state index in [0.717, 1.165) is 5.56 Å². The van der Waals surface area contributed by atoms with Crippen LogP contribution in [0.2, 0.25) is 0 Å². The number of fused-ring (bicyclic) bond motifs is 2. The number of aromatic nitrogens is 2. The Morgan fingerprint density at radius 3 is 2.29 bits per heavy atom. The zero-order chi connectivity index (χ0) is 33.5. The summed E-state index contributed by atoms with van der Waals surface area (Å²) in [4.78, 5) is 37.3. The van der Waals surface area contributed by atoms with Crippen LogP contribution < -0.4 is 20.1 Å². The van der Waals surface area contributed by atoms with Crippen molar-refractivity contribution in [3.8, 4) is 11.5 Å². The molecule has 0 fully saturated rings. The van der Waals surface area contributed by atoms with Crippen LogP contribution in [0.1, 0.15) is 27.5 Å². The first kappa shape index (κ1) is 32.4. The van der Waals surface area contributed by atoms with Crippen molar-refractivity contribution in [2.75, 3.05) is 51.3 Å². The Hall–Kier alpha value is -5.59. The second-order valence-electron chi connectivity index (χ2n) is 10.9. The van der Waals surface area contributed by atoms with E-state index in [1.807, 2.05) is 30.3 Å². The summed E-state index contributed by atoms with van der Waals surface area (Å²) in [5.41, 5.74) is 2.96. The van der Waals surface area contributed by atoms with E-state index in [0.29, 0.717) is 59.2 Å². The molecule has 0 saturated carbocycles. The number of benzene rings is 4. The summed E-state index contributed by atoms with van der Waals surface area (Å²) in [6.45, 7) is 1.63. The molecule has 0 saturated heterocycles. The topological polar surface area (TPSA) is 124 Å². The first-order valence-electron chi connectivity index (χ1n) is 15.3. The third-order valence-electron chi connectivity index (χ3n) is 7.81. The van der Waals surface area contributed by atoms with Crippen LogP contribution in [-0.2, 0) is 20.8 Å². The van der Waals surface area contributed by atoms with Gasteiger partial charge in [0.05, 0.1) is 24.4 Å². The number of anilines is 3. The van der Waals surface area contributed by atoms with Crippen molar-refractivity contribution in [3.05, 3.63) is 114 Å². The van der Waals surface area contributed by atoms with Crippen LogP contribution in [0.3, 0.4) is 0 Å². The van der Waals surface area contributed by atoms with Gasteiger partial charge in [0.2, 0.25) is 0 Å². The van der Waals surface area contributed by atoms with Gasteiger partial charge >= 0.3 is 0 Å². The lowest BCUT2D eigenvalue weighted by Gasteiger charge is -2.27. The monoisotopic (exact) mass is 651 g/mol. The number of carbonyl (C=O) groups is 2. The summed E-state index contributed by atoms with van der Waals surface area (Å²) in [6.07, 6.45) is 1.36. The Bertz CT molecular complexity index is 1920. The van der Waals surface area contributed by atoms with E-state index in [1.165, 1.54) is 23.4 Å². The molecule has 246 valence electrons. The van der Waals surface area contributed by atoms with Crippen LogP contribution in [0.25, 0.3) is 10.9 Å². The summed E-state index contributed by atoms with van der Waals surface area (Å²) in [7, 11) is 3.16. The molecular weight excluding hydrogens is 617 g/mol. The molecule has 6 rings (SSSR count). The van der Waals surface area contributed by atoms with Crippen molar-refractivity contribution >= 4 is 39.9 Å². The Morgan fingerprint density at radius 1 is 0.875 bits per heavy atom. The van der Waals surface area contributed by atoms with E-state index >= 15 is 4.39 Å². The van der Waals surface area contributed by atoms with Crippen molar-refractivity contribution < 1.29 is 32.9 Å². The van der Waals surface area contributed by atoms with Crippen molar-refractivity contribution in [2.45, 2.75) is 12.6 Å². The summed E-state index contributed by atoms with van der Waals surface area (Å²) in [5.74, 6) is -0.0740. The average Bonchev–Trinajstić information content (AvgIpc) is 3.42. The van der Waals surface area contributed by atoms with Gasteiger partial charge in [0.1, 0.15) is 37.2 Å². The standard InChI is InChI=1S/C36H34FN5O6/c1-45-14-16-47-31-19-27-30(20-32(31)48-17-15-46-2)38-22-39-34(27)41-29-13-12-25(18-28(29)37)40-35(43)33(23-8-4-3-5-9-23)42-21-24-10-6-7-11-26(24)36(42)44/h3-13,18-20,22,33H,14-17,21H2,1-2H3,(H,40,43)(H,38,39,41). The minimum Gasteiger partial charge on any atom is -0.487 e. The molecule has 1 aromatic heterocycles. The highest BCUT2D eigenvalue weighted by Crippen LogP contribution is 2.36. The van der Waals surface area contributed by atoms with Crippen molar-refractivity contribution in [2.24, 2.45) is 0 Å². The highest BCUT2D eigenvalue weighted by Gasteiger charge is 2.37. The maximum atomic E-state index is 15.6. The fraction of sp³-hybridized carbons (Fsp3) is 0.222. The molecule has 1 aliphatic rings. The van der Waals surface area contributed by atoms with Crippen LogP contribution in [0.4, 0.5) is 21.6 Å². The summed E-state index contributed by atoms with van der Waals surface area (Å²) < 4.78 is 37.5. The van der Waals surface area contributed by atoms with Gasteiger partial charge in [0.15, 0.2) is 11.5 Å². The maximum Gasteiger partial charge on any atom is 0.255 e. The molecule has 48 heavy (non-hydrogen) atoms. The normalized spacial score (nSPS) is 12.9. The fourth-order valence-electron chi connectivity index (χ4n) is 5.49. The van der Waals surface area contributed by atoms with Gasteiger partial charge in [0, 0.05) is 43.5 Å². The number of hydrogen-bond acceptors (Lipinski definition) is 9. The first-order chi connectivity index (χ1) is 23.5. The number of ether oxygens (including phenoxy) is 4. The fourth-order valence-corrected chi connectivity index (χ4v) is 5.49. The van der Waals surface area contributed by atoms with Crippen LogP contribution in [-0.4, -0.2) is 67.3 Å². The number of hydrogen-bond donors (Lipinski definition) is 2. The van der Waals surface area contributed by atoms with Gasteiger partial charge < -0.3 is 34.5 Å². The van der Waals surface area contributed by atoms with Gasteiger partial charge in [0.25, 0.3) is 11.8 Å². The molecule has 1 atom stereocenters. The van der Waals surface area contributed by atoms with Crippen LogP contribution in [0, 0.1) is 5.82 Å². The van der Waals surface area contributed by atoms with Crippen LogP contribution in [0.15, 0.2) is 91.3 Å². The molecule has 12 heteroatoms. The van der Waals surface area contributed by atoms with E-state index in [2.05, 4.69) is 20.6 Å². The van der Waals surface area contributed by atoms with E-state index in [9.17, 15) is 9.59 Å². The van der Waals surface area contributed by atoms with Crippen LogP contribution >= 0.6 is 0 Å². The lowest BCUT2D eigenvalue weighted by Crippen LogP contribution is -2.37. The summed E-state index contributed by atoms with van der Waals surface area (Å²) in [6, 6.07) is 23.2. The first-order valence-corrected chi connectivity index (χ1v) is 15.3. The quantitative estimate of drug-likeness (QED) is 0.141. The number of nitrogens with one attached hydrogen (secondary N) is 2. The second-order valence-corrected chi connectivity index (χ2v) is 10.9. The molecule has 5 aromatic rings. The molecule has 1 unspecified atom stereocenters. The van der Waals surface area contributed by atoms with Gasteiger partial charge in [-0.15, -0.1) is 0 Å². The Balaban J connectivity index is 1.23. The molecule has 4 aromatic carbocycles. The molecule has 2 amide bonds. The zero-order valence-corrected chi connectivity index (χ0v) is 26.4. The molecule has 0 radical (unpaired) electrons. The third kappa shape index (κ3) is 7.04. The van der Waals surface area contributed by atoms with Crippen molar-refractivity contribution in [1.82, 2.24) is 14.9 Å². The zero-order valence-electron chi connectivity index (χ0n) is 26.4. The van der Waals surface area contributed by atoms with Gasteiger partial charge in [-0.1, -0.05) is 48.5 Å². The predicted octanol–water partition coefficient (Wildman–Crippen LogP) is 5.90. The molecular formula is C36H34FN5O6. The highest BCUT2D eigenvalue weighted by atomic mass is 19.1. The molecule has 0 spiro atoms. The molecule has 1 aliphatic heterocycles. The Labute approximate surface area is 276 Å². The number of methoxy groups -OCH3 is 2. The SMILES string of the molecule is COCCOc1cc2ncnc(Nc3ccc(NC(=O)C(c4ccccc4)N4Cc5ccccc5C4=O)cc3F)c2cc1OCCOC. The van der Waals surface area contributed by atoms with Crippen molar-refractivity contribution in [3.63, 3.8) is 0 Å². The maximum absolute atomic E-state index is 15.6. The van der Waals surface area contributed by atoms with E-state index in [-0.39, 0.29) is 30.4 Å². The lowest BCUT2D eigenvalue weighted by atomic mass is 10.0. The second kappa shape index (κ2) is 14.9. The molecule has 2 heterocycles. The highest BCUT2D eigenvalue weighted by molar-refractivity contribution is 6.04. The number of nitrogens with zero attached hydrogens (tertiary/aromatic N) is 3. The van der Waals surface area contributed by atoms with Gasteiger partial charge in [-0.25, -0.2) is 14.4 Å².